The monoisotopic (exact) mass is 672 g/mol. The van der Waals surface area contributed by atoms with Crippen LogP contribution in [-0.4, -0.2) is 0 Å². The Bertz CT molecular complexity index is 1470. The SMILES string of the molecule is C#C/C(=C(/C#C)c1ccc(-c2ccc(CCCCCCCCCC)s2)cc1)c1ccc(-c2ccc(CCCCCCCCCC)s2)cc1. The largest absolute Gasteiger partial charge is 0.140 e. The Morgan fingerprint density at radius 3 is 1.10 bits per heavy atom. The van der Waals surface area contributed by atoms with Crippen LogP contribution in [0.3, 0.4) is 0 Å². The van der Waals surface area contributed by atoms with E-state index in [1.54, 1.807) is 0 Å². The lowest BCUT2D eigenvalue weighted by Crippen LogP contribution is -1.90. The molecule has 48 heavy (non-hydrogen) atoms. The molecule has 0 atom stereocenters. The van der Waals surface area contributed by atoms with Gasteiger partial charge < -0.3 is 0 Å². The summed E-state index contributed by atoms with van der Waals surface area (Å²) in [5, 5.41) is 0. The molecule has 0 fully saturated rings. The summed E-state index contributed by atoms with van der Waals surface area (Å²) >= 11 is 3.83. The lowest BCUT2D eigenvalue weighted by molar-refractivity contribution is 0.576. The van der Waals surface area contributed by atoms with Crippen LogP contribution in [0.1, 0.15) is 137 Å². The van der Waals surface area contributed by atoms with Gasteiger partial charge in [0.25, 0.3) is 0 Å². The minimum absolute atomic E-state index is 0.766. The molecular formula is C46H56S2. The molecule has 2 aromatic heterocycles. The van der Waals surface area contributed by atoms with Crippen molar-refractivity contribution in [2.45, 2.75) is 129 Å². The molecule has 0 aliphatic heterocycles. The van der Waals surface area contributed by atoms with E-state index >= 15 is 0 Å². The van der Waals surface area contributed by atoms with Crippen molar-refractivity contribution in [2.24, 2.45) is 0 Å². The summed E-state index contributed by atoms with van der Waals surface area (Å²) in [6.07, 6.45) is 36.3. The number of benzene rings is 2. The van der Waals surface area contributed by atoms with Gasteiger partial charge in [-0.3, -0.25) is 0 Å². The number of allylic oxidation sites excluding steroid dienone is 2. The van der Waals surface area contributed by atoms with Gasteiger partial charge in [-0.2, -0.15) is 0 Å². The highest BCUT2D eigenvalue weighted by Gasteiger charge is 2.11. The van der Waals surface area contributed by atoms with Crippen molar-refractivity contribution in [1.29, 1.82) is 0 Å². The van der Waals surface area contributed by atoms with Crippen LogP contribution in [0, 0.1) is 24.7 Å². The first-order chi connectivity index (χ1) is 23.7. The molecule has 0 saturated carbocycles. The number of hydrogen-bond acceptors (Lipinski definition) is 2. The van der Waals surface area contributed by atoms with E-state index in [0.717, 1.165) is 22.3 Å². The van der Waals surface area contributed by atoms with E-state index in [2.05, 4.69) is 98.5 Å². The molecule has 2 heteroatoms. The molecule has 0 amide bonds. The van der Waals surface area contributed by atoms with Crippen molar-refractivity contribution >= 4 is 33.8 Å². The van der Waals surface area contributed by atoms with Crippen molar-refractivity contribution < 1.29 is 0 Å². The molecule has 0 spiro atoms. The van der Waals surface area contributed by atoms with Crippen LogP contribution in [0.15, 0.2) is 72.8 Å². The highest BCUT2D eigenvalue weighted by molar-refractivity contribution is 7.15. The number of aryl methyl sites for hydroxylation is 2. The average Bonchev–Trinajstić information content (AvgIpc) is 3.80. The van der Waals surface area contributed by atoms with Crippen LogP contribution >= 0.6 is 22.7 Å². The van der Waals surface area contributed by atoms with Gasteiger partial charge >= 0.3 is 0 Å². The molecular weight excluding hydrogens is 617 g/mol. The summed E-state index contributed by atoms with van der Waals surface area (Å²) in [6.45, 7) is 4.56. The minimum atomic E-state index is 0.766. The third-order valence-electron chi connectivity index (χ3n) is 9.33. The Morgan fingerprint density at radius 1 is 0.438 bits per heavy atom. The molecule has 0 N–H and O–H groups in total. The van der Waals surface area contributed by atoms with Crippen LogP contribution in [-0.2, 0) is 12.8 Å². The molecule has 0 nitrogen and oxygen atoms in total. The molecule has 0 aliphatic carbocycles. The highest BCUT2D eigenvalue weighted by Crippen LogP contribution is 2.34. The molecule has 4 rings (SSSR count). The van der Waals surface area contributed by atoms with Crippen molar-refractivity contribution in [2.75, 3.05) is 0 Å². The zero-order valence-corrected chi connectivity index (χ0v) is 31.3. The van der Waals surface area contributed by atoms with Gasteiger partial charge in [-0.15, -0.1) is 35.5 Å². The Balaban J connectivity index is 1.31. The van der Waals surface area contributed by atoms with Crippen LogP contribution in [0.25, 0.3) is 32.0 Å². The van der Waals surface area contributed by atoms with Crippen molar-refractivity contribution in [3.8, 4) is 45.6 Å². The molecule has 252 valence electrons. The van der Waals surface area contributed by atoms with E-state index in [1.807, 2.05) is 22.7 Å². The maximum absolute atomic E-state index is 6.08. The lowest BCUT2D eigenvalue weighted by atomic mass is 9.94. The molecule has 0 saturated heterocycles. The summed E-state index contributed by atoms with van der Waals surface area (Å²) < 4.78 is 0. The molecule has 4 aromatic rings. The van der Waals surface area contributed by atoms with Gasteiger partial charge in [-0.25, -0.2) is 0 Å². The lowest BCUT2D eigenvalue weighted by Gasteiger charge is -2.09. The molecule has 0 aliphatic rings. The van der Waals surface area contributed by atoms with Gasteiger partial charge in [0, 0.05) is 30.7 Å². The topological polar surface area (TPSA) is 0 Å². The first-order valence-corrected chi connectivity index (χ1v) is 20.4. The zero-order valence-electron chi connectivity index (χ0n) is 29.6. The second kappa shape index (κ2) is 21.6. The van der Waals surface area contributed by atoms with Gasteiger partial charge in [0.15, 0.2) is 0 Å². The standard InChI is InChI=1S/C46H56S2/c1-5-9-11-13-15-17-19-21-23-41-33-35-45(47-41)39-29-25-37(26-30-39)43(7-3)44(8-4)38-27-31-40(32-28-38)46-36-34-42(48-46)24-22-20-18-16-14-12-10-6-2/h3-4,25-36H,5-6,9-24H2,1-2H3/b44-43+. The maximum Gasteiger partial charge on any atom is 0.0477 e. The van der Waals surface area contributed by atoms with E-state index in [0.29, 0.717) is 0 Å². The fraction of sp³-hybridized carbons (Fsp3) is 0.435. The van der Waals surface area contributed by atoms with Crippen molar-refractivity contribution in [3.63, 3.8) is 0 Å². The number of rotatable bonds is 22. The molecule has 0 radical (unpaired) electrons. The van der Waals surface area contributed by atoms with Crippen LogP contribution in [0.2, 0.25) is 0 Å². The first-order valence-electron chi connectivity index (χ1n) is 18.7. The Kier molecular flexibility index (Phi) is 16.9. The fourth-order valence-corrected chi connectivity index (χ4v) is 8.51. The van der Waals surface area contributed by atoms with Crippen molar-refractivity contribution in [1.82, 2.24) is 0 Å². The molecule has 2 aromatic carbocycles. The molecule has 2 heterocycles. The van der Waals surface area contributed by atoms with Crippen LogP contribution < -0.4 is 0 Å². The Morgan fingerprint density at radius 2 is 0.771 bits per heavy atom. The van der Waals surface area contributed by atoms with E-state index in [1.165, 1.54) is 146 Å². The van der Waals surface area contributed by atoms with Gasteiger partial charge in [-0.1, -0.05) is 164 Å². The summed E-state index contributed by atoms with van der Waals surface area (Å²) in [6, 6.07) is 26.3. The molecule has 0 bridgehead atoms. The average molecular weight is 673 g/mol. The maximum atomic E-state index is 6.08. The summed E-state index contributed by atoms with van der Waals surface area (Å²) in [5.41, 5.74) is 5.96. The fourth-order valence-electron chi connectivity index (χ4n) is 6.40. The predicted molar refractivity (Wildman–Crippen MR) is 217 cm³/mol. The van der Waals surface area contributed by atoms with E-state index in [-0.39, 0.29) is 0 Å². The second-order valence-corrected chi connectivity index (χ2v) is 15.5. The van der Waals surface area contributed by atoms with Crippen molar-refractivity contribution in [3.05, 3.63) is 93.7 Å². The number of terminal acetylenes is 2. The Hall–Kier alpha value is -3.30. The number of hydrogen-bond donors (Lipinski definition) is 0. The van der Waals surface area contributed by atoms with E-state index in [4.69, 9.17) is 12.8 Å². The quantitative estimate of drug-likeness (QED) is 0.0443. The van der Waals surface area contributed by atoms with Crippen LogP contribution in [0.4, 0.5) is 0 Å². The normalized spacial score (nSPS) is 11.7. The summed E-state index contributed by atoms with van der Waals surface area (Å²) in [7, 11) is 0. The summed E-state index contributed by atoms with van der Waals surface area (Å²) in [4.78, 5) is 5.57. The van der Waals surface area contributed by atoms with Gasteiger partial charge in [-0.05, 0) is 72.2 Å². The molecule has 0 unspecified atom stereocenters. The van der Waals surface area contributed by atoms with Gasteiger partial charge in [0.1, 0.15) is 0 Å². The first kappa shape index (κ1) is 37.5. The Labute approximate surface area is 301 Å². The van der Waals surface area contributed by atoms with E-state index in [9.17, 15) is 0 Å². The number of thiophene rings is 2. The van der Waals surface area contributed by atoms with Crippen LogP contribution in [0.5, 0.6) is 0 Å². The van der Waals surface area contributed by atoms with Gasteiger partial charge in [0.2, 0.25) is 0 Å². The summed E-state index contributed by atoms with van der Waals surface area (Å²) in [5.74, 6) is 5.82. The third kappa shape index (κ3) is 12.0. The highest BCUT2D eigenvalue weighted by atomic mass is 32.1. The smallest absolute Gasteiger partial charge is 0.0477 e. The second-order valence-electron chi connectivity index (χ2n) is 13.2. The van der Waals surface area contributed by atoms with E-state index < -0.39 is 0 Å². The van der Waals surface area contributed by atoms with Gasteiger partial charge in [0.05, 0.1) is 0 Å². The number of unbranched alkanes of at least 4 members (excludes halogenated alkanes) is 14. The zero-order chi connectivity index (χ0) is 33.8. The third-order valence-corrected chi connectivity index (χ3v) is 11.7. The predicted octanol–water partition coefficient (Wildman–Crippen LogP) is 14.7. The minimum Gasteiger partial charge on any atom is -0.140 e.